The summed E-state index contributed by atoms with van der Waals surface area (Å²) in [6.45, 7) is 1.92. The molecule has 0 aromatic carbocycles. The molecule has 4 nitrogen and oxygen atoms in total. The van der Waals surface area contributed by atoms with Gasteiger partial charge in [0.1, 0.15) is 0 Å². The molecule has 0 bridgehead atoms. The maximum Gasteiger partial charge on any atom is 0.266 e. The topological polar surface area (TPSA) is 57.8 Å². The fraction of sp³-hybridized carbons (Fsp3) is 0.111. The van der Waals surface area contributed by atoms with Crippen molar-refractivity contribution in [3.05, 3.63) is 34.3 Å². The first-order chi connectivity index (χ1) is 6.77. The summed E-state index contributed by atoms with van der Waals surface area (Å²) in [7, 11) is 0. The normalized spacial score (nSPS) is 10.1. The number of nitrogens with one attached hydrogen (secondary N) is 2. The summed E-state index contributed by atoms with van der Waals surface area (Å²) < 4.78 is 0. The lowest BCUT2D eigenvalue weighted by Gasteiger charge is -1.99. The van der Waals surface area contributed by atoms with Crippen LogP contribution in [0.3, 0.4) is 0 Å². The molecule has 5 heteroatoms. The minimum absolute atomic E-state index is 0.0844. The van der Waals surface area contributed by atoms with Gasteiger partial charge in [0.15, 0.2) is 0 Å². The number of aromatic nitrogens is 2. The van der Waals surface area contributed by atoms with Crippen LogP contribution in [0.5, 0.6) is 0 Å². The number of carbonyl (C=O) groups is 1. The van der Waals surface area contributed by atoms with Gasteiger partial charge in [-0.2, -0.15) is 5.10 Å². The highest BCUT2D eigenvalue weighted by atomic mass is 32.1. The lowest BCUT2D eigenvalue weighted by Crippen LogP contribution is -2.10. The van der Waals surface area contributed by atoms with Crippen LogP contribution in [0.15, 0.2) is 23.8 Å². The molecule has 0 saturated heterocycles. The van der Waals surface area contributed by atoms with Crippen molar-refractivity contribution in [2.75, 3.05) is 5.32 Å². The molecule has 1 amide bonds. The Bertz CT molecular complexity index is 433. The van der Waals surface area contributed by atoms with Gasteiger partial charge in [0.25, 0.3) is 5.91 Å². The number of anilines is 1. The van der Waals surface area contributed by atoms with E-state index < -0.39 is 0 Å². The largest absolute Gasteiger partial charge is 0.319 e. The van der Waals surface area contributed by atoms with Crippen LogP contribution in [0.25, 0.3) is 0 Å². The fourth-order valence-corrected chi connectivity index (χ4v) is 1.93. The molecule has 2 aromatic rings. The van der Waals surface area contributed by atoms with Gasteiger partial charge in [-0.25, -0.2) is 0 Å². The fourth-order valence-electron chi connectivity index (χ4n) is 1.11. The monoisotopic (exact) mass is 207 g/mol. The van der Waals surface area contributed by atoms with E-state index in [2.05, 4.69) is 15.5 Å². The van der Waals surface area contributed by atoms with Gasteiger partial charge < -0.3 is 5.32 Å². The molecule has 0 saturated carbocycles. The first-order valence-corrected chi connectivity index (χ1v) is 4.99. The van der Waals surface area contributed by atoms with Crippen LogP contribution in [-0.2, 0) is 0 Å². The zero-order valence-corrected chi connectivity index (χ0v) is 8.39. The van der Waals surface area contributed by atoms with E-state index in [1.165, 1.54) is 11.3 Å². The van der Waals surface area contributed by atoms with E-state index in [-0.39, 0.29) is 5.91 Å². The molecule has 14 heavy (non-hydrogen) atoms. The molecule has 2 heterocycles. The van der Waals surface area contributed by atoms with Crippen LogP contribution in [0.2, 0.25) is 0 Å². The van der Waals surface area contributed by atoms with Gasteiger partial charge in [-0.15, -0.1) is 11.3 Å². The molecule has 0 aliphatic heterocycles. The number of aryl methyl sites for hydroxylation is 1. The maximum absolute atomic E-state index is 11.7. The summed E-state index contributed by atoms with van der Waals surface area (Å²) in [6.07, 6.45) is 3.21. The number of rotatable bonds is 2. The second-order valence-corrected chi connectivity index (χ2v) is 3.79. The number of nitrogens with zero attached hydrogens (tertiary/aromatic N) is 1. The Labute approximate surface area is 85.0 Å². The second kappa shape index (κ2) is 3.63. The third-order valence-electron chi connectivity index (χ3n) is 1.82. The first kappa shape index (κ1) is 8.96. The molecule has 0 aliphatic carbocycles. The van der Waals surface area contributed by atoms with Crippen molar-refractivity contribution in [1.82, 2.24) is 10.2 Å². The number of H-pyrrole nitrogens is 1. The van der Waals surface area contributed by atoms with E-state index in [9.17, 15) is 4.79 Å². The molecule has 2 aromatic heterocycles. The zero-order valence-electron chi connectivity index (χ0n) is 7.57. The number of thiophene rings is 1. The Hall–Kier alpha value is -1.62. The van der Waals surface area contributed by atoms with Crippen LogP contribution in [0.4, 0.5) is 5.69 Å². The smallest absolute Gasteiger partial charge is 0.266 e. The van der Waals surface area contributed by atoms with E-state index >= 15 is 0 Å². The standard InChI is InChI=1S/C9H9N3OS/c1-6-2-3-14-8(6)9(13)12-7-4-10-11-5-7/h2-5H,1H3,(H,10,11)(H,12,13). The van der Waals surface area contributed by atoms with Crippen molar-refractivity contribution in [3.8, 4) is 0 Å². The van der Waals surface area contributed by atoms with E-state index in [4.69, 9.17) is 0 Å². The highest BCUT2D eigenvalue weighted by Crippen LogP contribution is 2.17. The van der Waals surface area contributed by atoms with Gasteiger partial charge in [-0.05, 0) is 23.9 Å². The van der Waals surface area contributed by atoms with Crippen LogP contribution < -0.4 is 5.32 Å². The van der Waals surface area contributed by atoms with Crippen molar-refractivity contribution >= 4 is 22.9 Å². The summed E-state index contributed by atoms with van der Waals surface area (Å²) in [5.41, 5.74) is 1.68. The van der Waals surface area contributed by atoms with Crippen molar-refractivity contribution in [3.63, 3.8) is 0 Å². The van der Waals surface area contributed by atoms with Crippen LogP contribution >= 0.6 is 11.3 Å². The molecule has 0 fully saturated rings. The average molecular weight is 207 g/mol. The summed E-state index contributed by atoms with van der Waals surface area (Å²) in [6, 6.07) is 1.93. The Morgan fingerprint density at radius 2 is 2.50 bits per heavy atom. The maximum atomic E-state index is 11.7. The molecule has 0 unspecified atom stereocenters. The van der Waals surface area contributed by atoms with E-state index in [0.717, 1.165) is 10.4 Å². The van der Waals surface area contributed by atoms with E-state index in [1.807, 2.05) is 18.4 Å². The molecule has 2 rings (SSSR count). The number of aromatic amines is 1. The van der Waals surface area contributed by atoms with Gasteiger partial charge in [0.2, 0.25) is 0 Å². The molecule has 0 atom stereocenters. The molecule has 0 radical (unpaired) electrons. The van der Waals surface area contributed by atoms with Crippen LogP contribution in [0.1, 0.15) is 15.2 Å². The Balaban J connectivity index is 2.14. The predicted molar refractivity (Wildman–Crippen MR) is 55.6 cm³/mol. The third-order valence-corrected chi connectivity index (χ3v) is 2.84. The molecule has 0 spiro atoms. The van der Waals surface area contributed by atoms with Gasteiger partial charge in [-0.3, -0.25) is 9.89 Å². The number of hydrogen-bond acceptors (Lipinski definition) is 3. The summed E-state index contributed by atoms with van der Waals surface area (Å²) >= 11 is 1.44. The molecule has 0 aliphatic rings. The molecule has 2 N–H and O–H groups in total. The van der Waals surface area contributed by atoms with Gasteiger partial charge in [-0.1, -0.05) is 0 Å². The highest BCUT2D eigenvalue weighted by molar-refractivity contribution is 7.12. The highest BCUT2D eigenvalue weighted by Gasteiger charge is 2.10. The van der Waals surface area contributed by atoms with E-state index in [0.29, 0.717) is 5.69 Å². The molecular weight excluding hydrogens is 198 g/mol. The number of carbonyl (C=O) groups excluding carboxylic acids is 1. The first-order valence-electron chi connectivity index (χ1n) is 4.11. The SMILES string of the molecule is Cc1ccsc1C(=O)Nc1cn[nH]c1. The Morgan fingerprint density at radius 1 is 1.64 bits per heavy atom. The van der Waals surface area contributed by atoms with Crippen molar-refractivity contribution < 1.29 is 4.79 Å². The van der Waals surface area contributed by atoms with Crippen molar-refractivity contribution in [1.29, 1.82) is 0 Å². The minimum Gasteiger partial charge on any atom is -0.319 e. The second-order valence-electron chi connectivity index (χ2n) is 2.87. The lowest BCUT2D eigenvalue weighted by molar-refractivity contribution is 0.103. The summed E-state index contributed by atoms with van der Waals surface area (Å²) in [4.78, 5) is 12.4. The van der Waals surface area contributed by atoms with Gasteiger partial charge in [0.05, 0.1) is 16.8 Å². The molecule has 72 valence electrons. The number of hydrogen-bond donors (Lipinski definition) is 2. The molecular formula is C9H9N3OS. The van der Waals surface area contributed by atoms with Crippen LogP contribution in [-0.4, -0.2) is 16.1 Å². The van der Waals surface area contributed by atoms with Crippen molar-refractivity contribution in [2.45, 2.75) is 6.92 Å². The van der Waals surface area contributed by atoms with Gasteiger partial charge >= 0.3 is 0 Å². The predicted octanol–water partition coefficient (Wildman–Crippen LogP) is 2.03. The lowest BCUT2D eigenvalue weighted by atomic mass is 10.3. The van der Waals surface area contributed by atoms with Gasteiger partial charge in [0, 0.05) is 6.20 Å². The summed E-state index contributed by atoms with van der Waals surface area (Å²) in [5.74, 6) is -0.0844. The Morgan fingerprint density at radius 3 is 3.07 bits per heavy atom. The van der Waals surface area contributed by atoms with Crippen molar-refractivity contribution in [2.24, 2.45) is 0 Å². The summed E-state index contributed by atoms with van der Waals surface area (Å²) in [5, 5.41) is 11.0. The quantitative estimate of drug-likeness (QED) is 0.791. The average Bonchev–Trinajstić information content (AvgIpc) is 2.75. The van der Waals surface area contributed by atoms with Crippen LogP contribution in [0, 0.1) is 6.92 Å². The minimum atomic E-state index is -0.0844. The van der Waals surface area contributed by atoms with E-state index in [1.54, 1.807) is 12.4 Å². The zero-order chi connectivity index (χ0) is 9.97. The number of amides is 1. The third kappa shape index (κ3) is 1.67. The Kier molecular flexibility index (Phi) is 2.32.